The molecule has 0 atom stereocenters. The van der Waals surface area contributed by atoms with Crippen molar-refractivity contribution in [2.24, 2.45) is 5.41 Å². The normalized spacial score (nSPS) is 23.2. The van der Waals surface area contributed by atoms with E-state index in [1.807, 2.05) is 0 Å². The van der Waals surface area contributed by atoms with E-state index in [1.54, 1.807) is 38.1 Å². The lowest BCUT2D eigenvalue weighted by Gasteiger charge is -2.34. The van der Waals surface area contributed by atoms with Crippen molar-refractivity contribution in [3.8, 4) is 0 Å². The van der Waals surface area contributed by atoms with Gasteiger partial charge in [0.1, 0.15) is 0 Å². The van der Waals surface area contributed by atoms with Gasteiger partial charge in [0.05, 0.1) is 16.5 Å². The summed E-state index contributed by atoms with van der Waals surface area (Å²) in [7, 11) is 0. The zero-order chi connectivity index (χ0) is 18.9. The van der Waals surface area contributed by atoms with Crippen LogP contribution in [0, 0.1) is 5.41 Å². The molecule has 2 aliphatic rings. The summed E-state index contributed by atoms with van der Waals surface area (Å²) in [5, 5.41) is 12.6. The Morgan fingerprint density at radius 3 is 2.15 bits per heavy atom. The molecule has 0 radical (unpaired) electrons. The highest BCUT2D eigenvalue weighted by Crippen LogP contribution is 2.31. The minimum atomic E-state index is -0.784. The molecule has 1 saturated carbocycles. The number of carbonyl (C=O) groups is 3. The van der Waals surface area contributed by atoms with E-state index in [4.69, 9.17) is 5.11 Å². The number of amides is 2. The Labute approximate surface area is 153 Å². The number of hydrogen-bond acceptors (Lipinski definition) is 4. The second-order valence-corrected chi connectivity index (χ2v) is 7.92. The van der Waals surface area contributed by atoms with Crippen molar-refractivity contribution in [1.82, 2.24) is 10.2 Å². The summed E-state index contributed by atoms with van der Waals surface area (Å²) < 4.78 is 0. The molecule has 0 spiro atoms. The van der Waals surface area contributed by atoms with Crippen LogP contribution in [0.1, 0.15) is 66.7 Å². The SMILES string of the molecule is CC(C)(CCNC1CCC(N2C(=O)c3ccccc3C2=O)CC1)C(=O)O. The first-order valence-corrected chi connectivity index (χ1v) is 9.25. The smallest absolute Gasteiger partial charge is 0.309 e. The Morgan fingerprint density at radius 2 is 1.65 bits per heavy atom. The van der Waals surface area contributed by atoms with Crippen LogP contribution in [0.2, 0.25) is 0 Å². The van der Waals surface area contributed by atoms with E-state index in [9.17, 15) is 14.4 Å². The summed E-state index contributed by atoms with van der Waals surface area (Å²) in [6, 6.07) is 7.27. The summed E-state index contributed by atoms with van der Waals surface area (Å²) in [5.41, 5.74) is 0.284. The van der Waals surface area contributed by atoms with Crippen LogP contribution in [-0.2, 0) is 4.79 Å². The standard InChI is InChI=1S/C20H26N2O4/c1-20(2,19(25)26)11-12-21-13-7-9-14(10-8-13)22-17(23)15-5-3-4-6-16(15)18(22)24/h3-6,13-14,21H,7-12H2,1-2H3,(H,25,26). The largest absolute Gasteiger partial charge is 0.481 e. The van der Waals surface area contributed by atoms with Gasteiger partial charge in [-0.1, -0.05) is 12.1 Å². The number of aliphatic carboxylic acids is 1. The van der Waals surface area contributed by atoms with Crippen LogP contribution in [0.25, 0.3) is 0 Å². The Bertz CT molecular complexity index is 685. The molecule has 6 heteroatoms. The first-order valence-electron chi connectivity index (χ1n) is 9.25. The number of carboxylic acid groups (broad SMARTS) is 1. The molecule has 0 aromatic heterocycles. The van der Waals surface area contributed by atoms with Crippen LogP contribution in [-0.4, -0.2) is 46.4 Å². The van der Waals surface area contributed by atoms with Gasteiger partial charge in [-0.15, -0.1) is 0 Å². The highest BCUT2D eigenvalue weighted by atomic mass is 16.4. The van der Waals surface area contributed by atoms with Crippen LogP contribution in [0.3, 0.4) is 0 Å². The minimum absolute atomic E-state index is 0.0455. The molecule has 1 aliphatic carbocycles. The summed E-state index contributed by atoms with van der Waals surface area (Å²) >= 11 is 0. The lowest BCUT2D eigenvalue weighted by atomic mass is 9.88. The highest BCUT2D eigenvalue weighted by Gasteiger charge is 2.40. The zero-order valence-electron chi connectivity index (χ0n) is 15.3. The lowest BCUT2D eigenvalue weighted by molar-refractivity contribution is -0.147. The molecule has 1 aromatic rings. The van der Waals surface area contributed by atoms with Gasteiger partial charge in [-0.2, -0.15) is 0 Å². The molecule has 3 rings (SSSR count). The van der Waals surface area contributed by atoms with Gasteiger partial charge in [-0.25, -0.2) is 0 Å². The molecule has 140 valence electrons. The molecule has 0 saturated heterocycles. The molecule has 2 amide bonds. The highest BCUT2D eigenvalue weighted by molar-refractivity contribution is 6.21. The van der Waals surface area contributed by atoms with Gasteiger partial charge >= 0.3 is 5.97 Å². The predicted molar refractivity (Wildman–Crippen MR) is 97.0 cm³/mol. The average Bonchev–Trinajstić information content (AvgIpc) is 2.87. The van der Waals surface area contributed by atoms with Gasteiger partial charge in [0.15, 0.2) is 0 Å². The van der Waals surface area contributed by atoms with E-state index in [0.717, 1.165) is 25.7 Å². The average molecular weight is 358 g/mol. The summed E-state index contributed by atoms with van der Waals surface area (Å²) in [6.45, 7) is 4.12. The molecule has 0 bridgehead atoms. The van der Waals surface area contributed by atoms with Crippen LogP contribution < -0.4 is 5.32 Å². The maximum atomic E-state index is 12.6. The Balaban J connectivity index is 1.51. The number of rotatable bonds is 6. The first kappa shape index (κ1) is 18.6. The lowest BCUT2D eigenvalue weighted by Crippen LogP contribution is -2.45. The third-order valence-corrected chi connectivity index (χ3v) is 5.65. The molecule has 1 aliphatic heterocycles. The fourth-order valence-electron chi connectivity index (χ4n) is 3.77. The number of nitrogens with zero attached hydrogens (tertiary/aromatic N) is 1. The quantitative estimate of drug-likeness (QED) is 0.764. The molecular formula is C20H26N2O4. The zero-order valence-corrected chi connectivity index (χ0v) is 15.3. The van der Waals surface area contributed by atoms with E-state index in [2.05, 4.69) is 5.32 Å². The van der Waals surface area contributed by atoms with Crippen molar-refractivity contribution in [2.45, 2.75) is 58.0 Å². The Morgan fingerprint density at radius 1 is 1.12 bits per heavy atom. The van der Waals surface area contributed by atoms with Crippen LogP contribution >= 0.6 is 0 Å². The van der Waals surface area contributed by atoms with Crippen molar-refractivity contribution in [1.29, 1.82) is 0 Å². The third kappa shape index (κ3) is 3.51. The first-order chi connectivity index (χ1) is 12.3. The van der Waals surface area contributed by atoms with E-state index in [1.165, 1.54) is 4.90 Å². The monoisotopic (exact) mass is 358 g/mol. The Kier molecular flexibility index (Phi) is 5.14. The van der Waals surface area contributed by atoms with E-state index >= 15 is 0 Å². The number of carboxylic acids is 1. The fourth-order valence-corrected chi connectivity index (χ4v) is 3.77. The van der Waals surface area contributed by atoms with Gasteiger partial charge in [0, 0.05) is 12.1 Å². The van der Waals surface area contributed by atoms with E-state index < -0.39 is 11.4 Å². The second-order valence-electron chi connectivity index (χ2n) is 7.92. The van der Waals surface area contributed by atoms with Crippen LogP contribution in [0.4, 0.5) is 0 Å². The maximum absolute atomic E-state index is 12.6. The molecule has 2 N–H and O–H groups in total. The molecule has 0 unspecified atom stereocenters. The van der Waals surface area contributed by atoms with Crippen molar-refractivity contribution < 1.29 is 19.5 Å². The molecule has 6 nitrogen and oxygen atoms in total. The molecule has 1 fully saturated rings. The van der Waals surface area contributed by atoms with E-state index in [-0.39, 0.29) is 17.9 Å². The third-order valence-electron chi connectivity index (χ3n) is 5.65. The number of fused-ring (bicyclic) bond motifs is 1. The van der Waals surface area contributed by atoms with Crippen LogP contribution in [0.15, 0.2) is 24.3 Å². The summed E-state index contributed by atoms with van der Waals surface area (Å²) in [4.78, 5) is 37.7. The molecule has 26 heavy (non-hydrogen) atoms. The van der Waals surface area contributed by atoms with Crippen molar-refractivity contribution >= 4 is 17.8 Å². The Hall–Kier alpha value is -2.21. The van der Waals surface area contributed by atoms with Crippen molar-refractivity contribution in [2.75, 3.05) is 6.54 Å². The van der Waals surface area contributed by atoms with Gasteiger partial charge < -0.3 is 10.4 Å². The van der Waals surface area contributed by atoms with Crippen molar-refractivity contribution in [3.63, 3.8) is 0 Å². The summed E-state index contributed by atoms with van der Waals surface area (Å²) in [6.07, 6.45) is 3.90. The second kappa shape index (κ2) is 7.19. The van der Waals surface area contributed by atoms with Gasteiger partial charge in [-0.05, 0) is 64.6 Å². The maximum Gasteiger partial charge on any atom is 0.309 e. The van der Waals surface area contributed by atoms with E-state index in [0.29, 0.717) is 30.1 Å². The van der Waals surface area contributed by atoms with Gasteiger partial charge in [0.2, 0.25) is 0 Å². The minimum Gasteiger partial charge on any atom is -0.481 e. The van der Waals surface area contributed by atoms with Gasteiger partial charge in [0.25, 0.3) is 11.8 Å². The molecule has 1 aromatic carbocycles. The number of nitrogens with one attached hydrogen (secondary N) is 1. The van der Waals surface area contributed by atoms with Gasteiger partial charge in [-0.3, -0.25) is 19.3 Å². The number of hydrogen-bond donors (Lipinski definition) is 2. The molecule has 1 heterocycles. The number of benzene rings is 1. The topological polar surface area (TPSA) is 86.7 Å². The van der Waals surface area contributed by atoms with Crippen molar-refractivity contribution in [3.05, 3.63) is 35.4 Å². The van der Waals surface area contributed by atoms with Crippen LogP contribution in [0.5, 0.6) is 0 Å². The fraction of sp³-hybridized carbons (Fsp3) is 0.550. The predicted octanol–water partition coefficient (Wildman–Crippen LogP) is 2.68. The summed E-state index contributed by atoms with van der Waals surface area (Å²) in [5.74, 6) is -1.14. The number of imide groups is 1. The number of carbonyl (C=O) groups excluding carboxylic acids is 2. The molecular weight excluding hydrogens is 332 g/mol.